The monoisotopic (exact) mass is 426 g/mol. The fourth-order valence-electron chi connectivity index (χ4n) is 2.23. The summed E-state index contributed by atoms with van der Waals surface area (Å²) in [5, 5.41) is 0.692. The van der Waals surface area contributed by atoms with Crippen molar-refractivity contribution >= 4 is 44.8 Å². The second-order valence-corrected chi connectivity index (χ2v) is 7.44. The van der Waals surface area contributed by atoms with Crippen LogP contribution in [0.5, 0.6) is 11.5 Å². The Hall–Kier alpha value is -1.47. The van der Waals surface area contributed by atoms with Gasteiger partial charge in [0, 0.05) is 14.1 Å². The number of hydrogen-bond donors (Lipinski definition) is 0. The predicted molar refractivity (Wildman–Crippen MR) is 107 cm³/mol. The maximum Gasteiger partial charge on any atom is 0.266 e. The van der Waals surface area contributed by atoms with Crippen molar-refractivity contribution in [1.82, 2.24) is 4.90 Å². The number of thioether (sulfide) groups is 1. The molecular formula is C18H23BrN2O3S. The maximum atomic E-state index is 12.3. The van der Waals surface area contributed by atoms with E-state index in [1.807, 2.05) is 32.1 Å². The van der Waals surface area contributed by atoms with E-state index in [0.717, 1.165) is 16.5 Å². The van der Waals surface area contributed by atoms with E-state index in [1.54, 1.807) is 19.0 Å². The first-order chi connectivity index (χ1) is 11.9. The van der Waals surface area contributed by atoms with Crippen LogP contribution in [0.15, 0.2) is 26.5 Å². The van der Waals surface area contributed by atoms with Crippen LogP contribution in [-0.2, 0) is 4.79 Å². The molecule has 25 heavy (non-hydrogen) atoms. The van der Waals surface area contributed by atoms with E-state index in [2.05, 4.69) is 27.8 Å². The van der Waals surface area contributed by atoms with Crippen LogP contribution >= 0.6 is 27.7 Å². The summed E-state index contributed by atoms with van der Waals surface area (Å²) in [6, 6.07) is 3.83. The molecule has 1 amide bonds. The molecule has 1 saturated heterocycles. The fourth-order valence-corrected chi connectivity index (χ4v) is 3.71. The summed E-state index contributed by atoms with van der Waals surface area (Å²) in [5.74, 6) is 1.30. The van der Waals surface area contributed by atoms with Crippen molar-refractivity contribution < 1.29 is 14.3 Å². The quantitative estimate of drug-likeness (QED) is 0.625. The molecule has 0 aliphatic carbocycles. The van der Waals surface area contributed by atoms with Gasteiger partial charge in [-0.25, -0.2) is 0 Å². The molecule has 1 aromatic rings. The van der Waals surface area contributed by atoms with Crippen LogP contribution < -0.4 is 9.47 Å². The van der Waals surface area contributed by atoms with Crippen molar-refractivity contribution in [3.05, 3.63) is 27.1 Å². The summed E-state index contributed by atoms with van der Waals surface area (Å²) < 4.78 is 12.5. The molecule has 136 valence electrons. The number of ether oxygens (including phenoxy) is 2. The Morgan fingerprint density at radius 2 is 2.12 bits per heavy atom. The van der Waals surface area contributed by atoms with Crippen molar-refractivity contribution in [2.45, 2.75) is 33.3 Å². The highest BCUT2D eigenvalue weighted by Gasteiger charge is 2.29. The lowest BCUT2D eigenvalue weighted by atomic mass is 10.1. The number of hydrogen-bond acceptors (Lipinski definition) is 5. The highest BCUT2D eigenvalue weighted by molar-refractivity contribution is 9.10. The Labute approximate surface area is 161 Å². The Morgan fingerprint density at radius 1 is 1.40 bits per heavy atom. The molecule has 1 fully saturated rings. The molecule has 0 spiro atoms. The van der Waals surface area contributed by atoms with Gasteiger partial charge in [0.05, 0.1) is 22.1 Å². The first-order valence-corrected chi connectivity index (χ1v) is 9.79. The third-order valence-corrected chi connectivity index (χ3v) is 5.46. The largest absolute Gasteiger partial charge is 0.490 e. The zero-order valence-electron chi connectivity index (χ0n) is 15.1. The van der Waals surface area contributed by atoms with Crippen molar-refractivity contribution in [2.24, 2.45) is 4.99 Å². The molecule has 1 aliphatic heterocycles. The second-order valence-electron chi connectivity index (χ2n) is 5.58. The van der Waals surface area contributed by atoms with Gasteiger partial charge in [0.15, 0.2) is 16.7 Å². The lowest BCUT2D eigenvalue weighted by molar-refractivity contribution is -0.121. The van der Waals surface area contributed by atoms with Crippen LogP contribution in [-0.4, -0.2) is 42.8 Å². The molecule has 0 saturated carbocycles. The Kier molecular flexibility index (Phi) is 6.95. The third kappa shape index (κ3) is 4.58. The van der Waals surface area contributed by atoms with Crippen molar-refractivity contribution in [2.75, 3.05) is 20.7 Å². The number of carbonyl (C=O) groups is 1. The minimum absolute atomic E-state index is 0.0559. The molecule has 1 aliphatic rings. The predicted octanol–water partition coefficient (Wildman–Crippen LogP) is 4.56. The Balaban J connectivity index is 2.40. The van der Waals surface area contributed by atoms with Crippen LogP contribution in [0.2, 0.25) is 0 Å². The standard InChI is InChI=1S/C18H23BrN2O3S/c1-6-11(3)24-16-13(19)8-12(9-14(16)23-7-2)10-15-17(22)21(5)18(20-4)25-15/h8-11H,6-7H2,1-5H3/b15-10+,20-18?/t11-/m1/s1. The van der Waals surface area contributed by atoms with E-state index in [9.17, 15) is 4.79 Å². The summed E-state index contributed by atoms with van der Waals surface area (Å²) in [7, 11) is 3.41. The molecule has 0 unspecified atom stereocenters. The summed E-state index contributed by atoms with van der Waals surface area (Å²) in [4.78, 5) is 18.6. The highest BCUT2D eigenvalue weighted by Crippen LogP contribution is 2.39. The van der Waals surface area contributed by atoms with Gasteiger partial charge in [-0.3, -0.25) is 14.7 Å². The van der Waals surface area contributed by atoms with Crippen molar-refractivity contribution in [1.29, 1.82) is 0 Å². The molecule has 1 atom stereocenters. The van der Waals surface area contributed by atoms with Gasteiger partial charge in [-0.15, -0.1) is 0 Å². The topological polar surface area (TPSA) is 51.1 Å². The zero-order valence-corrected chi connectivity index (χ0v) is 17.5. The van der Waals surface area contributed by atoms with Crippen molar-refractivity contribution in [3.8, 4) is 11.5 Å². The molecule has 2 rings (SSSR count). The van der Waals surface area contributed by atoms with Gasteiger partial charge in [0.1, 0.15) is 0 Å². The number of amides is 1. The normalized spacial score (nSPS) is 19.0. The number of benzene rings is 1. The van der Waals surface area contributed by atoms with Crippen molar-refractivity contribution in [3.63, 3.8) is 0 Å². The van der Waals surface area contributed by atoms with Crippen LogP contribution in [0.3, 0.4) is 0 Å². The van der Waals surface area contributed by atoms with Crippen LogP contribution in [0, 0.1) is 0 Å². The molecule has 1 aromatic carbocycles. The van der Waals surface area contributed by atoms with Gasteiger partial charge < -0.3 is 9.47 Å². The molecule has 0 aromatic heterocycles. The number of nitrogens with zero attached hydrogens (tertiary/aromatic N) is 2. The van der Waals surface area contributed by atoms with Crippen LogP contribution in [0.1, 0.15) is 32.8 Å². The smallest absolute Gasteiger partial charge is 0.266 e. The number of halogens is 1. The summed E-state index contributed by atoms with van der Waals surface area (Å²) >= 11 is 4.93. The Morgan fingerprint density at radius 3 is 2.68 bits per heavy atom. The molecule has 0 bridgehead atoms. The third-order valence-electron chi connectivity index (χ3n) is 3.72. The molecule has 1 heterocycles. The van der Waals surface area contributed by atoms with E-state index in [0.29, 0.717) is 28.2 Å². The lowest BCUT2D eigenvalue weighted by Gasteiger charge is -2.18. The SMILES string of the molecule is CCOc1cc(/C=C2/SC(=NC)N(C)C2=O)cc(Br)c1O[C@H](C)CC. The maximum absolute atomic E-state index is 12.3. The average molecular weight is 427 g/mol. The highest BCUT2D eigenvalue weighted by atomic mass is 79.9. The van der Waals surface area contributed by atoms with Gasteiger partial charge in [0.25, 0.3) is 5.91 Å². The average Bonchev–Trinajstić information content (AvgIpc) is 2.85. The number of likely N-dealkylation sites (N-methyl/N-ethyl adjacent to an activating group) is 1. The van der Waals surface area contributed by atoms with Gasteiger partial charge in [-0.05, 0) is 71.7 Å². The summed E-state index contributed by atoms with van der Waals surface area (Å²) in [5.41, 5.74) is 0.869. The second kappa shape index (κ2) is 8.76. The Bertz CT molecular complexity index is 719. The van der Waals surface area contributed by atoms with Gasteiger partial charge in [-0.2, -0.15) is 0 Å². The van der Waals surface area contributed by atoms with Gasteiger partial charge in [0.2, 0.25) is 0 Å². The molecule has 0 radical (unpaired) electrons. The molecule has 7 heteroatoms. The first kappa shape index (κ1) is 19.8. The molecular weight excluding hydrogens is 404 g/mol. The van der Waals surface area contributed by atoms with E-state index >= 15 is 0 Å². The van der Waals surface area contributed by atoms with E-state index in [-0.39, 0.29) is 12.0 Å². The van der Waals surface area contributed by atoms with E-state index in [4.69, 9.17) is 9.47 Å². The molecule has 0 N–H and O–H groups in total. The first-order valence-electron chi connectivity index (χ1n) is 8.18. The summed E-state index contributed by atoms with van der Waals surface area (Å²) in [6.07, 6.45) is 2.84. The minimum Gasteiger partial charge on any atom is -0.490 e. The van der Waals surface area contributed by atoms with E-state index < -0.39 is 0 Å². The number of rotatable bonds is 6. The number of amidine groups is 1. The van der Waals surface area contributed by atoms with Crippen LogP contribution in [0.4, 0.5) is 0 Å². The number of carbonyl (C=O) groups excluding carboxylic acids is 1. The van der Waals surface area contributed by atoms with E-state index in [1.165, 1.54) is 11.8 Å². The molecule has 5 nitrogen and oxygen atoms in total. The minimum atomic E-state index is -0.0559. The fraction of sp³-hybridized carbons (Fsp3) is 0.444. The zero-order chi connectivity index (χ0) is 18.6. The van der Waals surface area contributed by atoms with Crippen LogP contribution in [0.25, 0.3) is 6.08 Å². The van der Waals surface area contributed by atoms with Gasteiger partial charge >= 0.3 is 0 Å². The van der Waals surface area contributed by atoms with Gasteiger partial charge in [-0.1, -0.05) is 6.92 Å². The summed E-state index contributed by atoms with van der Waals surface area (Å²) in [6.45, 7) is 6.56. The lowest BCUT2D eigenvalue weighted by Crippen LogP contribution is -2.23. The number of aliphatic imine (C=N–C) groups is 1.